The highest BCUT2D eigenvalue weighted by Gasteiger charge is 2.33. The van der Waals surface area contributed by atoms with E-state index < -0.39 is 0 Å². The molecule has 3 atom stereocenters. The van der Waals surface area contributed by atoms with Crippen LogP contribution in [-0.2, 0) is 4.79 Å². The van der Waals surface area contributed by atoms with Gasteiger partial charge in [0.1, 0.15) is 0 Å². The maximum Gasteiger partial charge on any atom is 0.240 e. The maximum absolute atomic E-state index is 12.2. The normalized spacial score (nSPS) is 32.9. The smallest absolute Gasteiger partial charge is 0.240 e. The molecule has 2 rings (SSSR count). The lowest BCUT2D eigenvalue weighted by atomic mass is 10.2. The molecule has 1 saturated carbocycles. The molecule has 1 N–H and O–H groups in total. The second kappa shape index (κ2) is 6.34. The number of carbonyl (C=O) groups excluding carboxylic acids is 1. The van der Waals surface area contributed by atoms with Gasteiger partial charge in [-0.3, -0.25) is 10.1 Å². The van der Waals surface area contributed by atoms with E-state index in [9.17, 15) is 4.79 Å². The van der Waals surface area contributed by atoms with Crippen molar-refractivity contribution in [2.24, 2.45) is 0 Å². The number of amides is 1. The summed E-state index contributed by atoms with van der Waals surface area (Å²) in [7, 11) is 1.98. The van der Waals surface area contributed by atoms with E-state index in [1.807, 2.05) is 35.5 Å². The van der Waals surface area contributed by atoms with E-state index in [1.54, 1.807) is 0 Å². The Balaban J connectivity index is 1.83. The molecule has 0 aromatic carbocycles. The van der Waals surface area contributed by atoms with Crippen molar-refractivity contribution >= 4 is 29.4 Å². The number of likely N-dealkylation sites (N-methyl/N-ethyl adjacent to an activating group) is 1. The predicted molar refractivity (Wildman–Crippen MR) is 76.6 cm³/mol. The lowest BCUT2D eigenvalue weighted by molar-refractivity contribution is -0.133. The lowest BCUT2D eigenvalue weighted by Crippen LogP contribution is -2.46. The first-order valence-corrected chi connectivity index (χ1v) is 8.62. The minimum absolute atomic E-state index is 0.0582. The van der Waals surface area contributed by atoms with Crippen molar-refractivity contribution in [3.63, 3.8) is 0 Å². The van der Waals surface area contributed by atoms with Crippen molar-refractivity contribution in [1.82, 2.24) is 10.2 Å². The quantitative estimate of drug-likeness (QED) is 0.847. The Morgan fingerprint density at radius 1 is 1.53 bits per heavy atom. The highest BCUT2D eigenvalue weighted by atomic mass is 32.2. The van der Waals surface area contributed by atoms with Crippen LogP contribution in [-0.4, -0.2) is 52.6 Å². The van der Waals surface area contributed by atoms with Gasteiger partial charge in [0.05, 0.1) is 6.04 Å². The van der Waals surface area contributed by atoms with Crippen LogP contribution in [0.4, 0.5) is 0 Å². The lowest BCUT2D eigenvalue weighted by Gasteiger charge is -2.27. The van der Waals surface area contributed by atoms with Gasteiger partial charge in [0, 0.05) is 30.0 Å². The second-order valence-corrected chi connectivity index (χ2v) is 7.37. The van der Waals surface area contributed by atoms with Crippen molar-refractivity contribution < 1.29 is 4.79 Å². The molecule has 0 aromatic heterocycles. The molecule has 0 spiro atoms. The monoisotopic (exact) mass is 274 g/mol. The fraction of sp³-hybridized carbons (Fsp3) is 0.917. The van der Waals surface area contributed by atoms with Crippen LogP contribution in [0.2, 0.25) is 0 Å². The molecule has 2 aliphatic rings. The fourth-order valence-corrected chi connectivity index (χ4v) is 4.70. The van der Waals surface area contributed by atoms with Crippen LogP contribution in [0.1, 0.15) is 26.2 Å². The second-order valence-electron chi connectivity index (χ2n) is 4.77. The molecule has 1 saturated heterocycles. The van der Waals surface area contributed by atoms with Crippen LogP contribution < -0.4 is 5.32 Å². The van der Waals surface area contributed by atoms with Crippen molar-refractivity contribution in [2.45, 2.75) is 43.5 Å². The number of hydrogen-bond donors (Lipinski definition) is 1. The topological polar surface area (TPSA) is 32.3 Å². The van der Waals surface area contributed by atoms with Gasteiger partial charge in [-0.25, -0.2) is 0 Å². The summed E-state index contributed by atoms with van der Waals surface area (Å²) in [5.74, 6) is 3.34. The summed E-state index contributed by atoms with van der Waals surface area (Å²) in [4.78, 5) is 14.2. The van der Waals surface area contributed by atoms with Crippen LogP contribution in [0, 0.1) is 0 Å². The number of rotatable bonds is 4. The van der Waals surface area contributed by atoms with E-state index >= 15 is 0 Å². The number of hydrogen-bond acceptors (Lipinski definition) is 4. The molecule has 1 amide bonds. The third kappa shape index (κ3) is 3.32. The molecule has 0 radical (unpaired) electrons. The van der Waals surface area contributed by atoms with Crippen molar-refractivity contribution in [2.75, 3.05) is 24.4 Å². The molecule has 0 unspecified atom stereocenters. The van der Waals surface area contributed by atoms with Crippen molar-refractivity contribution in [1.29, 1.82) is 0 Å². The van der Waals surface area contributed by atoms with Gasteiger partial charge in [0.15, 0.2) is 0 Å². The van der Waals surface area contributed by atoms with E-state index in [-0.39, 0.29) is 6.04 Å². The van der Waals surface area contributed by atoms with E-state index in [2.05, 4.69) is 12.2 Å². The molecule has 1 aliphatic carbocycles. The van der Waals surface area contributed by atoms with Crippen LogP contribution in [0.5, 0.6) is 0 Å². The van der Waals surface area contributed by atoms with Gasteiger partial charge in [0.25, 0.3) is 0 Å². The Bertz CT molecular complexity index is 269. The molecule has 1 aliphatic heterocycles. The summed E-state index contributed by atoms with van der Waals surface area (Å²) in [6, 6.07) is 0.529. The first-order chi connectivity index (χ1) is 8.22. The summed E-state index contributed by atoms with van der Waals surface area (Å²) in [6.07, 6.45) is 3.63. The molecule has 3 nitrogen and oxygen atoms in total. The molecule has 98 valence electrons. The van der Waals surface area contributed by atoms with Gasteiger partial charge in [-0.15, -0.1) is 11.8 Å². The Morgan fingerprint density at radius 2 is 2.35 bits per heavy atom. The average molecular weight is 274 g/mol. The highest BCUT2D eigenvalue weighted by Crippen LogP contribution is 2.32. The first kappa shape index (κ1) is 13.6. The Morgan fingerprint density at radius 3 is 3.00 bits per heavy atom. The molecule has 1 heterocycles. The van der Waals surface area contributed by atoms with E-state index in [0.717, 1.165) is 16.9 Å². The van der Waals surface area contributed by atoms with Crippen LogP contribution >= 0.6 is 23.5 Å². The predicted octanol–water partition coefficient (Wildman–Crippen LogP) is 1.78. The third-order valence-corrected chi connectivity index (χ3v) is 5.84. The maximum atomic E-state index is 12.2. The Kier molecular flexibility index (Phi) is 5.06. The number of thioether (sulfide) groups is 2. The first-order valence-electron chi connectivity index (χ1n) is 6.41. The van der Waals surface area contributed by atoms with E-state index in [4.69, 9.17) is 0 Å². The summed E-state index contributed by atoms with van der Waals surface area (Å²) in [5, 5.41) is 4.03. The summed E-state index contributed by atoms with van der Waals surface area (Å²) in [6.45, 7) is 2.21. The highest BCUT2D eigenvalue weighted by molar-refractivity contribution is 8.00. The summed E-state index contributed by atoms with van der Waals surface area (Å²) in [5.41, 5.74) is 0. The Labute approximate surface area is 112 Å². The standard InChI is InChI=1S/C12H22N2OS2/c1-3-17-10-5-4-9(6-10)14(2)12(15)11-7-16-8-13-11/h9-11,13H,3-8H2,1-2H3/t9-,10-,11+/m1/s1. The summed E-state index contributed by atoms with van der Waals surface area (Å²) < 4.78 is 0. The van der Waals surface area contributed by atoms with Gasteiger partial charge in [-0.05, 0) is 25.0 Å². The third-order valence-electron chi connectivity index (χ3n) is 3.67. The van der Waals surface area contributed by atoms with Gasteiger partial charge >= 0.3 is 0 Å². The fourth-order valence-electron chi connectivity index (χ4n) is 2.64. The molecule has 5 heteroatoms. The molecule has 2 fully saturated rings. The van der Waals surface area contributed by atoms with Crippen LogP contribution in [0.15, 0.2) is 0 Å². The van der Waals surface area contributed by atoms with E-state index in [0.29, 0.717) is 11.9 Å². The van der Waals surface area contributed by atoms with Gasteiger partial charge < -0.3 is 4.90 Å². The zero-order valence-corrected chi connectivity index (χ0v) is 12.3. The van der Waals surface area contributed by atoms with Gasteiger partial charge in [0.2, 0.25) is 5.91 Å². The molecule has 0 bridgehead atoms. The molecular weight excluding hydrogens is 252 g/mol. The molecular formula is C12H22N2OS2. The zero-order valence-electron chi connectivity index (χ0n) is 10.6. The molecule has 0 aromatic rings. The van der Waals surface area contributed by atoms with Crippen molar-refractivity contribution in [3.05, 3.63) is 0 Å². The van der Waals surface area contributed by atoms with Crippen LogP contribution in [0.3, 0.4) is 0 Å². The SMILES string of the molecule is CCS[C@@H]1CC[C@@H](N(C)C(=O)[C@@H]2CSCN2)C1. The zero-order chi connectivity index (χ0) is 12.3. The average Bonchev–Trinajstić information content (AvgIpc) is 2.98. The Hall–Kier alpha value is 0.130. The summed E-state index contributed by atoms with van der Waals surface area (Å²) >= 11 is 3.86. The van der Waals surface area contributed by atoms with Crippen LogP contribution in [0.25, 0.3) is 0 Å². The van der Waals surface area contributed by atoms with Gasteiger partial charge in [-0.1, -0.05) is 6.92 Å². The number of nitrogens with one attached hydrogen (secondary N) is 1. The largest absolute Gasteiger partial charge is 0.341 e. The minimum atomic E-state index is 0.0582. The van der Waals surface area contributed by atoms with Gasteiger partial charge in [-0.2, -0.15) is 11.8 Å². The number of carbonyl (C=O) groups is 1. The van der Waals surface area contributed by atoms with E-state index in [1.165, 1.54) is 25.0 Å². The number of nitrogens with zero attached hydrogens (tertiary/aromatic N) is 1. The molecule has 17 heavy (non-hydrogen) atoms. The van der Waals surface area contributed by atoms with Crippen molar-refractivity contribution in [3.8, 4) is 0 Å². The minimum Gasteiger partial charge on any atom is -0.341 e.